The number of hydrogen-bond acceptors (Lipinski definition) is 3. The third-order valence-electron chi connectivity index (χ3n) is 4.11. The average Bonchev–Trinajstić information content (AvgIpc) is 3.15. The number of fused-ring (bicyclic) bond motifs is 3. The van der Waals surface area contributed by atoms with Crippen LogP contribution in [0.25, 0.3) is 0 Å². The molecular weight excluding hydrogens is 256 g/mol. The van der Waals surface area contributed by atoms with Crippen molar-refractivity contribution in [1.82, 2.24) is 0 Å². The van der Waals surface area contributed by atoms with Crippen LogP contribution < -0.4 is 0 Å². The molecule has 0 unspecified atom stereocenters. The Labute approximate surface area is 114 Å². The Morgan fingerprint density at radius 2 is 1.65 bits per heavy atom. The number of ketones is 1. The first kappa shape index (κ1) is 11.4. The van der Waals surface area contributed by atoms with Gasteiger partial charge in [0.25, 0.3) is 0 Å². The number of epoxide rings is 1. The smallest absolute Gasteiger partial charge is 0.344 e. The van der Waals surface area contributed by atoms with E-state index in [2.05, 4.69) is 0 Å². The van der Waals surface area contributed by atoms with E-state index in [1.807, 2.05) is 6.07 Å². The molecule has 0 saturated carbocycles. The van der Waals surface area contributed by atoms with E-state index >= 15 is 0 Å². The van der Waals surface area contributed by atoms with Gasteiger partial charge in [0.2, 0.25) is 17.0 Å². The highest BCUT2D eigenvalue weighted by atomic mass is 16.7. The van der Waals surface area contributed by atoms with Crippen molar-refractivity contribution in [1.29, 1.82) is 0 Å². The lowest BCUT2D eigenvalue weighted by Gasteiger charge is -2.08. The zero-order chi connectivity index (χ0) is 14.0. The number of carbonyl (C=O) groups is 2. The van der Waals surface area contributed by atoms with Crippen LogP contribution in [0.4, 0.5) is 0 Å². The number of benzene rings is 2. The Kier molecular flexibility index (Phi) is 1.90. The van der Waals surface area contributed by atoms with Crippen molar-refractivity contribution >= 4 is 11.8 Å². The monoisotopic (exact) mass is 266 g/mol. The quantitative estimate of drug-likeness (QED) is 0.845. The fraction of sp³-hybridized carbons (Fsp3) is 0.125. The van der Waals surface area contributed by atoms with Gasteiger partial charge >= 0.3 is 5.97 Å². The van der Waals surface area contributed by atoms with Crippen molar-refractivity contribution in [3.05, 3.63) is 71.3 Å². The lowest BCUT2D eigenvalue weighted by Crippen LogP contribution is -2.29. The topological polar surface area (TPSA) is 66.9 Å². The molecule has 0 bridgehead atoms. The molecule has 0 aromatic heterocycles. The van der Waals surface area contributed by atoms with Gasteiger partial charge in [-0.3, -0.25) is 4.79 Å². The first-order valence-electron chi connectivity index (χ1n) is 6.28. The van der Waals surface area contributed by atoms with Gasteiger partial charge in [-0.1, -0.05) is 54.6 Å². The van der Waals surface area contributed by atoms with Crippen LogP contribution in [0.1, 0.15) is 21.5 Å². The molecule has 4 rings (SSSR count). The van der Waals surface area contributed by atoms with E-state index in [1.165, 1.54) is 0 Å². The predicted molar refractivity (Wildman–Crippen MR) is 69.3 cm³/mol. The summed E-state index contributed by atoms with van der Waals surface area (Å²) < 4.78 is 5.57. The summed E-state index contributed by atoms with van der Waals surface area (Å²) in [7, 11) is 0. The molecule has 4 nitrogen and oxygen atoms in total. The highest BCUT2D eigenvalue weighted by Gasteiger charge is 2.85. The van der Waals surface area contributed by atoms with E-state index in [0.717, 1.165) is 0 Å². The SMILES string of the molecule is O=C1c2ccccc2[C@@]2(C(=O)O)O[C@@]12c1ccccc1. The molecule has 0 amide bonds. The molecule has 1 aliphatic carbocycles. The minimum Gasteiger partial charge on any atom is -0.479 e. The Hall–Kier alpha value is -2.46. The predicted octanol–water partition coefficient (Wildman–Crippen LogP) is 2.09. The molecule has 98 valence electrons. The summed E-state index contributed by atoms with van der Waals surface area (Å²) in [5, 5.41) is 9.63. The van der Waals surface area contributed by atoms with Crippen LogP contribution in [0.3, 0.4) is 0 Å². The molecule has 2 atom stereocenters. The molecule has 2 aromatic carbocycles. The van der Waals surface area contributed by atoms with Crippen molar-refractivity contribution in [3.63, 3.8) is 0 Å². The van der Waals surface area contributed by atoms with E-state index in [9.17, 15) is 14.7 Å². The van der Waals surface area contributed by atoms with Crippen LogP contribution in [0.15, 0.2) is 54.6 Å². The molecule has 1 saturated heterocycles. The molecule has 2 aliphatic rings. The number of Topliss-reactive ketones (excluding diaryl/α,β-unsaturated/α-hetero) is 1. The van der Waals surface area contributed by atoms with Gasteiger partial charge in [-0.25, -0.2) is 4.79 Å². The molecule has 2 aromatic rings. The summed E-state index contributed by atoms with van der Waals surface area (Å²) in [6, 6.07) is 15.6. The van der Waals surface area contributed by atoms with Crippen LogP contribution >= 0.6 is 0 Å². The number of hydrogen-bond donors (Lipinski definition) is 1. The summed E-state index contributed by atoms with van der Waals surface area (Å²) in [5.74, 6) is -1.40. The van der Waals surface area contributed by atoms with Gasteiger partial charge in [-0.05, 0) is 5.56 Å². The summed E-state index contributed by atoms with van der Waals surface area (Å²) in [5.41, 5.74) is -1.50. The van der Waals surface area contributed by atoms with Gasteiger partial charge in [0.15, 0.2) is 0 Å². The Morgan fingerprint density at radius 3 is 2.35 bits per heavy atom. The van der Waals surface area contributed by atoms with E-state index in [4.69, 9.17) is 4.74 Å². The first-order chi connectivity index (χ1) is 9.64. The lowest BCUT2D eigenvalue weighted by atomic mass is 9.86. The number of ether oxygens (including phenoxy) is 1. The number of carboxylic acid groups (broad SMARTS) is 1. The van der Waals surface area contributed by atoms with E-state index in [-0.39, 0.29) is 5.78 Å². The van der Waals surface area contributed by atoms with E-state index in [1.54, 1.807) is 48.5 Å². The van der Waals surface area contributed by atoms with Gasteiger partial charge in [0, 0.05) is 11.1 Å². The molecule has 1 fully saturated rings. The van der Waals surface area contributed by atoms with Gasteiger partial charge in [0.05, 0.1) is 0 Å². The number of carboxylic acids is 1. The summed E-state index contributed by atoms with van der Waals surface area (Å²) in [6.45, 7) is 0. The minimum atomic E-state index is -1.57. The molecule has 1 N–H and O–H groups in total. The number of rotatable bonds is 2. The first-order valence-corrected chi connectivity index (χ1v) is 6.28. The maximum absolute atomic E-state index is 12.7. The zero-order valence-electron chi connectivity index (χ0n) is 10.4. The van der Waals surface area contributed by atoms with Crippen molar-refractivity contribution in [3.8, 4) is 0 Å². The fourth-order valence-corrected chi connectivity index (χ4v) is 3.21. The molecule has 1 heterocycles. The maximum atomic E-state index is 12.7. The fourth-order valence-electron chi connectivity index (χ4n) is 3.21. The molecule has 1 aliphatic heterocycles. The summed E-state index contributed by atoms with van der Waals surface area (Å²) in [4.78, 5) is 24.5. The van der Waals surface area contributed by atoms with Crippen LogP contribution in [-0.2, 0) is 20.7 Å². The maximum Gasteiger partial charge on any atom is 0.344 e. The standard InChI is InChI=1S/C16H10O4/c17-13-11-8-4-5-9-12(11)16(14(18)19)15(13,20-16)10-6-2-1-3-7-10/h1-9H,(H,18,19)/t15-,16-/m0/s1. The molecule has 4 heteroatoms. The van der Waals surface area contributed by atoms with Crippen LogP contribution in [0.2, 0.25) is 0 Å². The Balaban J connectivity index is 2.02. The van der Waals surface area contributed by atoms with Crippen LogP contribution in [-0.4, -0.2) is 16.9 Å². The van der Waals surface area contributed by atoms with Gasteiger partial charge < -0.3 is 9.84 Å². The normalized spacial score (nSPS) is 29.7. The van der Waals surface area contributed by atoms with Crippen molar-refractivity contribution in [2.45, 2.75) is 11.2 Å². The van der Waals surface area contributed by atoms with E-state index in [0.29, 0.717) is 16.7 Å². The molecule has 20 heavy (non-hydrogen) atoms. The van der Waals surface area contributed by atoms with Gasteiger partial charge in [-0.2, -0.15) is 0 Å². The third-order valence-corrected chi connectivity index (χ3v) is 4.11. The summed E-state index contributed by atoms with van der Waals surface area (Å²) in [6.07, 6.45) is 0. The van der Waals surface area contributed by atoms with E-state index < -0.39 is 17.2 Å². The molecular formula is C16H10O4. The second kappa shape index (κ2) is 3.35. The Bertz CT molecular complexity index is 752. The van der Waals surface area contributed by atoms with Crippen molar-refractivity contribution < 1.29 is 19.4 Å². The largest absolute Gasteiger partial charge is 0.479 e. The average molecular weight is 266 g/mol. The summed E-state index contributed by atoms with van der Waals surface area (Å²) >= 11 is 0. The second-order valence-corrected chi connectivity index (χ2v) is 5.01. The van der Waals surface area contributed by atoms with Gasteiger partial charge in [-0.15, -0.1) is 0 Å². The van der Waals surface area contributed by atoms with Crippen molar-refractivity contribution in [2.75, 3.05) is 0 Å². The zero-order valence-corrected chi connectivity index (χ0v) is 10.4. The second-order valence-electron chi connectivity index (χ2n) is 5.01. The number of aliphatic carboxylic acids is 1. The lowest BCUT2D eigenvalue weighted by molar-refractivity contribution is -0.143. The highest BCUT2D eigenvalue weighted by molar-refractivity contribution is 6.17. The van der Waals surface area contributed by atoms with Gasteiger partial charge in [0.1, 0.15) is 0 Å². The minimum absolute atomic E-state index is 0.276. The van der Waals surface area contributed by atoms with Crippen LogP contribution in [0.5, 0.6) is 0 Å². The third kappa shape index (κ3) is 0.992. The molecule has 0 spiro atoms. The highest BCUT2D eigenvalue weighted by Crippen LogP contribution is 2.68. The molecule has 0 radical (unpaired) electrons. The van der Waals surface area contributed by atoms with Crippen LogP contribution in [0, 0.1) is 0 Å². The number of carbonyl (C=O) groups excluding carboxylic acids is 1. The Morgan fingerprint density at radius 1 is 1.00 bits per heavy atom. The van der Waals surface area contributed by atoms with Crippen molar-refractivity contribution in [2.24, 2.45) is 0 Å².